The quantitative estimate of drug-likeness (QED) is 0.565. The molecule has 80 valence electrons. The summed E-state index contributed by atoms with van der Waals surface area (Å²) < 4.78 is 5.45. The first-order valence-electron chi connectivity index (χ1n) is 4.66. The Morgan fingerprint density at radius 3 is 2.93 bits per heavy atom. The Labute approximate surface area is 94.5 Å². The van der Waals surface area contributed by atoms with Crippen LogP contribution in [-0.2, 0) is 0 Å². The highest BCUT2D eigenvalue weighted by Gasteiger charge is 2.06. The van der Waals surface area contributed by atoms with Gasteiger partial charge in [0.1, 0.15) is 5.75 Å². The number of aldehydes is 1. The van der Waals surface area contributed by atoms with Crippen molar-refractivity contribution < 1.29 is 9.53 Å². The molecule has 0 saturated heterocycles. The van der Waals surface area contributed by atoms with Gasteiger partial charge in [-0.25, -0.2) is 0 Å². The molecule has 3 heteroatoms. The molecule has 2 nitrogen and oxygen atoms in total. The zero-order valence-corrected chi connectivity index (χ0v) is 9.38. The summed E-state index contributed by atoms with van der Waals surface area (Å²) in [6, 6.07) is 5.09. The predicted molar refractivity (Wildman–Crippen MR) is 61.8 cm³/mol. The molecule has 1 aromatic carbocycles. The van der Waals surface area contributed by atoms with Crippen LogP contribution in [0, 0.1) is 0 Å². The second kappa shape index (κ2) is 5.56. The van der Waals surface area contributed by atoms with Crippen molar-refractivity contribution >= 4 is 17.9 Å². The van der Waals surface area contributed by atoms with Crippen LogP contribution >= 0.6 is 11.6 Å². The van der Waals surface area contributed by atoms with E-state index in [1.807, 2.05) is 6.92 Å². The molecule has 0 atom stereocenters. The molecule has 0 heterocycles. The molecule has 0 aliphatic rings. The highest BCUT2D eigenvalue weighted by atomic mass is 35.5. The summed E-state index contributed by atoms with van der Waals surface area (Å²) in [5.74, 6) is 0.454. The fraction of sp³-hybridized carbons (Fsp3) is 0.250. The Hall–Kier alpha value is -1.28. The van der Waals surface area contributed by atoms with Crippen molar-refractivity contribution in [3.63, 3.8) is 0 Å². The van der Waals surface area contributed by atoms with E-state index in [1.54, 1.807) is 18.2 Å². The predicted octanol–water partition coefficient (Wildman–Crippen LogP) is 3.50. The lowest BCUT2D eigenvalue weighted by molar-refractivity contribution is 0.111. The number of para-hydroxylation sites is 1. The summed E-state index contributed by atoms with van der Waals surface area (Å²) in [6.45, 7) is 6.18. The van der Waals surface area contributed by atoms with Gasteiger partial charge in [0.25, 0.3) is 0 Å². The van der Waals surface area contributed by atoms with Crippen molar-refractivity contribution in [2.75, 3.05) is 6.61 Å². The van der Waals surface area contributed by atoms with E-state index in [4.69, 9.17) is 16.3 Å². The van der Waals surface area contributed by atoms with E-state index >= 15 is 0 Å². The molecule has 1 aromatic rings. The Kier molecular flexibility index (Phi) is 4.37. The largest absolute Gasteiger partial charge is 0.491 e. The van der Waals surface area contributed by atoms with Crippen molar-refractivity contribution in [2.24, 2.45) is 0 Å². The number of hydrogen-bond acceptors (Lipinski definition) is 2. The van der Waals surface area contributed by atoms with Gasteiger partial charge in [0.15, 0.2) is 6.29 Å². The minimum atomic E-state index is 0.454. The minimum Gasteiger partial charge on any atom is -0.491 e. The standard InChI is InChI=1S/C12H13ClO2/c1-9(2)6-7-15-12-10(8-14)4-3-5-11(12)13/h3-5,8H,1,6-7H2,2H3. The van der Waals surface area contributed by atoms with Crippen molar-refractivity contribution in [1.29, 1.82) is 0 Å². The van der Waals surface area contributed by atoms with Crippen LogP contribution in [0.4, 0.5) is 0 Å². The summed E-state index contributed by atoms with van der Waals surface area (Å²) in [4.78, 5) is 10.7. The first-order chi connectivity index (χ1) is 7.15. The van der Waals surface area contributed by atoms with Crippen LogP contribution in [0.2, 0.25) is 5.02 Å². The first kappa shape index (κ1) is 11.8. The van der Waals surface area contributed by atoms with Crippen molar-refractivity contribution in [3.8, 4) is 5.75 Å². The van der Waals surface area contributed by atoms with Crippen LogP contribution in [-0.4, -0.2) is 12.9 Å². The van der Waals surface area contributed by atoms with Gasteiger partial charge in [0, 0.05) is 6.42 Å². The highest BCUT2D eigenvalue weighted by Crippen LogP contribution is 2.27. The molecular formula is C12H13ClO2. The third-order valence-corrected chi connectivity index (χ3v) is 2.20. The Bertz CT molecular complexity index is 372. The zero-order chi connectivity index (χ0) is 11.3. The number of carbonyl (C=O) groups is 1. The Balaban J connectivity index is 2.74. The lowest BCUT2D eigenvalue weighted by Crippen LogP contribution is -2.00. The van der Waals surface area contributed by atoms with Gasteiger partial charge in [0.2, 0.25) is 0 Å². The van der Waals surface area contributed by atoms with Crippen molar-refractivity contribution in [1.82, 2.24) is 0 Å². The lowest BCUT2D eigenvalue weighted by atomic mass is 10.2. The summed E-state index contributed by atoms with van der Waals surface area (Å²) in [5.41, 5.74) is 1.51. The first-order valence-corrected chi connectivity index (χ1v) is 5.04. The van der Waals surface area contributed by atoms with Gasteiger partial charge in [-0.05, 0) is 19.1 Å². The second-order valence-electron chi connectivity index (χ2n) is 3.33. The van der Waals surface area contributed by atoms with E-state index in [2.05, 4.69) is 6.58 Å². The van der Waals surface area contributed by atoms with Gasteiger partial charge in [-0.15, -0.1) is 6.58 Å². The fourth-order valence-corrected chi connectivity index (χ4v) is 1.33. The van der Waals surface area contributed by atoms with Gasteiger partial charge in [-0.3, -0.25) is 4.79 Å². The smallest absolute Gasteiger partial charge is 0.153 e. The molecule has 0 bridgehead atoms. The van der Waals surface area contributed by atoms with Crippen LogP contribution in [0.1, 0.15) is 23.7 Å². The molecule has 0 radical (unpaired) electrons. The average molecular weight is 225 g/mol. The maximum atomic E-state index is 10.7. The van der Waals surface area contributed by atoms with E-state index in [0.717, 1.165) is 18.3 Å². The summed E-state index contributed by atoms with van der Waals surface area (Å²) in [5, 5.41) is 0.460. The monoisotopic (exact) mass is 224 g/mol. The molecule has 1 rings (SSSR count). The normalized spacial score (nSPS) is 9.73. The number of rotatable bonds is 5. The summed E-state index contributed by atoms with van der Waals surface area (Å²) >= 11 is 5.92. The van der Waals surface area contributed by atoms with Crippen LogP contribution in [0.3, 0.4) is 0 Å². The van der Waals surface area contributed by atoms with Gasteiger partial charge >= 0.3 is 0 Å². The third-order valence-electron chi connectivity index (χ3n) is 1.90. The molecule has 0 spiro atoms. The van der Waals surface area contributed by atoms with Gasteiger partial charge < -0.3 is 4.74 Å². The Morgan fingerprint density at radius 2 is 2.33 bits per heavy atom. The number of hydrogen-bond donors (Lipinski definition) is 0. The molecule has 0 aromatic heterocycles. The van der Waals surface area contributed by atoms with E-state index in [0.29, 0.717) is 22.9 Å². The molecule has 0 unspecified atom stereocenters. The van der Waals surface area contributed by atoms with E-state index in [1.165, 1.54) is 0 Å². The number of benzene rings is 1. The number of ether oxygens (including phenoxy) is 1. The summed E-state index contributed by atoms with van der Waals surface area (Å²) in [6.07, 6.45) is 1.49. The van der Waals surface area contributed by atoms with Gasteiger partial charge in [0.05, 0.1) is 17.2 Å². The lowest BCUT2D eigenvalue weighted by Gasteiger charge is -2.09. The van der Waals surface area contributed by atoms with Gasteiger partial charge in [-0.1, -0.05) is 23.2 Å². The maximum absolute atomic E-state index is 10.7. The highest BCUT2D eigenvalue weighted by molar-refractivity contribution is 6.32. The van der Waals surface area contributed by atoms with E-state index < -0.39 is 0 Å². The summed E-state index contributed by atoms with van der Waals surface area (Å²) in [7, 11) is 0. The molecular weight excluding hydrogens is 212 g/mol. The molecule has 0 N–H and O–H groups in total. The minimum absolute atomic E-state index is 0.454. The third kappa shape index (κ3) is 3.40. The fourth-order valence-electron chi connectivity index (χ4n) is 1.10. The van der Waals surface area contributed by atoms with Crippen LogP contribution in [0.25, 0.3) is 0 Å². The molecule has 0 aliphatic heterocycles. The van der Waals surface area contributed by atoms with Gasteiger partial charge in [-0.2, -0.15) is 0 Å². The molecule has 0 aliphatic carbocycles. The van der Waals surface area contributed by atoms with Crippen LogP contribution in [0.15, 0.2) is 30.4 Å². The topological polar surface area (TPSA) is 26.3 Å². The molecule has 0 fully saturated rings. The van der Waals surface area contributed by atoms with E-state index in [9.17, 15) is 4.79 Å². The van der Waals surface area contributed by atoms with Crippen molar-refractivity contribution in [2.45, 2.75) is 13.3 Å². The molecule has 0 saturated carbocycles. The SMILES string of the molecule is C=C(C)CCOc1c(Cl)cccc1C=O. The maximum Gasteiger partial charge on any atom is 0.153 e. The number of carbonyl (C=O) groups excluding carboxylic acids is 1. The average Bonchev–Trinajstić information content (AvgIpc) is 2.20. The molecule has 15 heavy (non-hydrogen) atoms. The zero-order valence-electron chi connectivity index (χ0n) is 8.63. The van der Waals surface area contributed by atoms with Crippen LogP contribution < -0.4 is 4.74 Å². The second-order valence-corrected chi connectivity index (χ2v) is 3.74. The van der Waals surface area contributed by atoms with E-state index in [-0.39, 0.29) is 0 Å². The van der Waals surface area contributed by atoms with Crippen LogP contribution in [0.5, 0.6) is 5.75 Å². The Morgan fingerprint density at radius 1 is 1.60 bits per heavy atom. The van der Waals surface area contributed by atoms with Crippen molar-refractivity contribution in [3.05, 3.63) is 40.9 Å². The molecule has 0 amide bonds. The number of halogens is 1.